The van der Waals surface area contributed by atoms with Gasteiger partial charge in [-0.1, -0.05) is 29.3 Å². The summed E-state index contributed by atoms with van der Waals surface area (Å²) in [5, 5.41) is 22.3. The van der Waals surface area contributed by atoms with Crippen LogP contribution in [0.2, 0.25) is 10.0 Å². The van der Waals surface area contributed by atoms with E-state index in [1.165, 1.54) is 21.9 Å². The molecule has 1 amide bonds. The molecule has 3 aromatic rings. The van der Waals surface area contributed by atoms with Crippen LogP contribution in [0, 0.1) is 10.1 Å². The van der Waals surface area contributed by atoms with Crippen molar-refractivity contribution in [2.75, 3.05) is 5.32 Å². The largest absolute Gasteiger partial charge is 0.404 e. The molecule has 28 heavy (non-hydrogen) atoms. The summed E-state index contributed by atoms with van der Waals surface area (Å²) in [7, 11) is 0. The molecule has 0 spiro atoms. The fourth-order valence-electron chi connectivity index (χ4n) is 2.28. The zero-order valence-corrected chi connectivity index (χ0v) is 17.1. The van der Waals surface area contributed by atoms with Crippen molar-refractivity contribution in [2.24, 2.45) is 0 Å². The van der Waals surface area contributed by atoms with Crippen LogP contribution in [0.15, 0.2) is 35.2 Å². The molecule has 1 N–H and O–H groups in total. The van der Waals surface area contributed by atoms with Gasteiger partial charge in [0.25, 0.3) is 0 Å². The molecule has 1 aromatic carbocycles. The van der Waals surface area contributed by atoms with Crippen LogP contribution in [-0.4, -0.2) is 35.4 Å². The summed E-state index contributed by atoms with van der Waals surface area (Å²) in [6, 6.07) is 5.14. The van der Waals surface area contributed by atoms with Crippen molar-refractivity contribution in [3.63, 3.8) is 0 Å². The summed E-state index contributed by atoms with van der Waals surface area (Å²) in [4.78, 5) is 26.2. The Morgan fingerprint density at radius 3 is 2.75 bits per heavy atom. The van der Waals surface area contributed by atoms with Crippen molar-refractivity contribution in [1.29, 1.82) is 0 Å². The molecule has 0 atom stereocenters. The number of benzene rings is 1. The van der Waals surface area contributed by atoms with E-state index in [-0.39, 0.29) is 35.1 Å². The first-order chi connectivity index (χ1) is 13.3. The lowest BCUT2D eigenvalue weighted by Crippen LogP contribution is -2.16. The number of amides is 1. The van der Waals surface area contributed by atoms with Crippen LogP contribution in [-0.2, 0) is 17.9 Å². The predicted molar refractivity (Wildman–Crippen MR) is 105 cm³/mol. The fraction of sp³-hybridized carbons (Fsp3) is 0.200. The number of aromatic nitrogens is 5. The lowest BCUT2D eigenvalue weighted by Gasteiger charge is -2.04. The fourth-order valence-corrected chi connectivity index (χ4v) is 3.21. The minimum Gasteiger partial charge on any atom is -0.358 e. The summed E-state index contributed by atoms with van der Waals surface area (Å²) in [5.41, 5.74) is 0.805. The van der Waals surface area contributed by atoms with Gasteiger partial charge in [0.2, 0.25) is 11.9 Å². The summed E-state index contributed by atoms with van der Waals surface area (Å²) in [6.07, 6.45) is 2.95. The van der Waals surface area contributed by atoms with Gasteiger partial charge in [-0.05, 0) is 38.5 Å². The van der Waals surface area contributed by atoms with Crippen LogP contribution >= 0.6 is 39.1 Å². The summed E-state index contributed by atoms with van der Waals surface area (Å²) in [5.74, 6) is -0.513. The van der Waals surface area contributed by atoms with E-state index in [1.807, 2.05) is 0 Å². The molecule has 13 heteroatoms. The first-order valence-corrected chi connectivity index (χ1v) is 9.37. The molecule has 0 aliphatic carbocycles. The van der Waals surface area contributed by atoms with Crippen molar-refractivity contribution in [1.82, 2.24) is 24.5 Å². The van der Waals surface area contributed by atoms with Crippen molar-refractivity contribution >= 4 is 56.8 Å². The van der Waals surface area contributed by atoms with Gasteiger partial charge in [-0.3, -0.25) is 10.1 Å². The standard InChI is InChI=1S/C15H12BrCl2N7O3/c16-11-7-23(21-14(11)25(27)28)4-3-13(26)20-15-19-8-24(22-15)6-9-1-2-10(17)5-12(9)18/h1-2,5,7-8H,3-4,6H2,(H,20,22,26). The molecule has 0 fully saturated rings. The zero-order valence-electron chi connectivity index (χ0n) is 14.0. The summed E-state index contributed by atoms with van der Waals surface area (Å²) in [6.45, 7) is 0.531. The molecule has 0 radical (unpaired) electrons. The maximum atomic E-state index is 12.0. The van der Waals surface area contributed by atoms with E-state index >= 15 is 0 Å². The van der Waals surface area contributed by atoms with E-state index in [2.05, 4.69) is 36.4 Å². The van der Waals surface area contributed by atoms with Crippen LogP contribution in [0.25, 0.3) is 0 Å². The molecular weight excluding hydrogens is 477 g/mol. The molecule has 10 nitrogen and oxygen atoms in total. The van der Waals surface area contributed by atoms with E-state index in [4.69, 9.17) is 23.2 Å². The van der Waals surface area contributed by atoms with Crippen LogP contribution in [0.3, 0.4) is 0 Å². The molecule has 146 valence electrons. The van der Waals surface area contributed by atoms with Crippen LogP contribution in [0.4, 0.5) is 11.8 Å². The number of nitrogens with one attached hydrogen (secondary N) is 1. The first kappa shape index (κ1) is 20.2. The average molecular weight is 489 g/mol. The quantitative estimate of drug-likeness (QED) is 0.401. The minimum atomic E-state index is -0.607. The van der Waals surface area contributed by atoms with Crippen LogP contribution in [0.1, 0.15) is 12.0 Å². The van der Waals surface area contributed by atoms with Gasteiger partial charge in [-0.25, -0.2) is 9.67 Å². The number of aryl methyl sites for hydroxylation is 1. The van der Waals surface area contributed by atoms with Gasteiger partial charge >= 0.3 is 5.82 Å². The summed E-state index contributed by atoms with van der Waals surface area (Å²) >= 11 is 15.1. The van der Waals surface area contributed by atoms with Gasteiger partial charge in [0.05, 0.1) is 24.4 Å². The topological polar surface area (TPSA) is 121 Å². The summed E-state index contributed by atoms with van der Waals surface area (Å²) < 4.78 is 3.09. The molecule has 0 bridgehead atoms. The highest BCUT2D eigenvalue weighted by molar-refractivity contribution is 9.10. The van der Waals surface area contributed by atoms with E-state index < -0.39 is 4.92 Å². The number of rotatable bonds is 7. The van der Waals surface area contributed by atoms with E-state index in [0.29, 0.717) is 16.6 Å². The Labute approximate surface area is 176 Å². The predicted octanol–water partition coefficient (Wildman–Crippen LogP) is 3.53. The second kappa shape index (κ2) is 8.67. The average Bonchev–Trinajstić information content (AvgIpc) is 3.22. The van der Waals surface area contributed by atoms with E-state index in [9.17, 15) is 14.9 Å². The van der Waals surface area contributed by atoms with E-state index in [0.717, 1.165) is 5.56 Å². The monoisotopic (exact) mass is 487 g/mol. The molecule has 0 saturated carbocycles. The third kappa shape index (κ3) is 5.06. The van der Waals surface area contributed by atoms with E-state index in [1.54, 1.807) is 18.2 Å². The highest BCUT2D eigenvalue weighted by Gasteiger charge is 2.19. The SMILES string of the molecule is O=C(CCn1cc(Br)c([N+](=O)[O-])n1)Nc1ncn(Cc2ccc(Cl)cc2Cl)n1. The Bertz CT molecular complexity index is 1040. The number of anilines is 1. The minimum absolute atomic E-state index is 0.0445. The number of carbonyl (C=O) groups excluding carboxylic acids is 1. The first-order valence-electron chi connectivity index (χ1n) is 7.82. The maximum absolute atomic E-state index is 12.0. The highest BCUT2D eigenvalue weighted by Crippen LogP contribution is 2.22. The Morgan fingerprint density at radius 2 is 2.07 bits per heavy atom. The highest BCUT2D eigenvalue weighted by atomic mass is 79.9. The molecule has 0 aliphatic rings. The Balaban J connectivity index is 1.55. The van der Waals surface area contributed by atoms with Gasteiger partial charge in [0.1, 0.15) is 10.8 Å². The van der Waals surface area contributed by atoms with Gasteiger partial charge in [0, 0.05) is 16.5 Å². The van der Waals surface area contributed by atoms with Gasteiger partial charge in [0.15, 0.2) is 0 Å². The Hall–Kier alpha value is -2.50. The van der Waals surface area contributed by atoms with Crippen LogP contribution < -0.4 is 5.32 Å². The molecule has 0 unspecified atom stereocenters. The van der Waals surface area contributed by atoms with Crippen molar-refractivity contribution in [3.05, 3.63) is 60.9 Å². The third-order valence-corrected chi connectivity index (χ3v) is 4.72. The maximum Gasteiger partial charge on any atom is 0.404 e. The Kier molecular flexibility index (Phi) is 6.27. The second-order valence-corrected chi connectivity index (χ2v) is 7.32. The molecule has 2 heterocycles. The number of hydrogen-bond donors (Lipinski definition) is 1. The number of carbonyl (C=O) groups is 1. The number of halogens is 3. The lowest BCUT2D eigenvalue weighted by molar-refractivity contribution is -0.390. The normalized spacial score (nSPS) is 10.8. The number of nitrogens with zero attached hydrogens (tertiary/aromatic N) is 6. The molecular formula is C15H12BrCl2N7O3. The van der Waals surface area contributed by atoms with Gasteiger partial charge in [-0.2, -0.15) is 4.68 Å². The molecule has 2 aromatic heterocycles. The second-order valence-electron chi connectivity index (χ2n) is 5.62. The third-order valence-electron chi connectivity index (χ3n) is 3.58. The Morgan fingerprint density at radius 1 is 1.29 bits per heavy atom. The molecule has 0 saturated heterocycles. The number of hydrogen-bond acceptors (Lipinski definition) is 6. The van der Waals surface area contributed by atoms with Crippen molar-refractivity contribution in [2.45, 2.75) is 19.5 Å². The van der Waals surface area contributed by atoms with Gasteiger partial charge in [-0.15, -0.1) is 5.10 Å². The zero-order chi connectivity index (χ0) is 20.3. The number of nitro groups is 1. The molecule has 3 rings (SSSR count). The van der Waals surface area contributed by atoms with Crippen LogP contribution in [0.5, 0.6) is 0 Å². The van der Waals surface area contributed by atoms with Crippen molar-refractivity contribution in [3.8, 4) is 0 Å². The molecule has 0 aliphatic heterocycles. The van der Waals surface area contributed by atoms with Crippen molar-refractivity contribution < 1.29 is 9.72 Å². The smallest absolute Gasteiger partial charge is 0.358 e. The van der Waals surface area contributed by atoms with Gasteiger partial charge < -0.3 is 10.1 Å². The lowest BCUT2D eigenvalue weighted by atomic mass is 10.2.